The topological polar surface area (TPSA) is 78.9 Å². The maximum absolute atomic E-state index is 12.9. The van der Waals surface area contributed by atoms with Crippen molar-refractivity contribution in [3.63, 3.8) is 0 Å². The molecule has 0 aliphatic heterocycles. The Morgan fingerprint density at radius 2 is 0.457 bits per heavy atom. The maximum atomic E-state index is 12.9. The lowest BCUT2D eigenvalue weighted by Gasteiger charge is -2.18. The minimum atomic E-state index is -0.834. The van der Waals surface area contributed by atoms with Gasteiger partial charge in [-0.2, -0.15) is 0 Å². The van der Waals surface area contributed by atoms with E-state index in [4.69, 9.17) is 14.2 Å². The second-order valence-corrected chi connectivity index (χ2v) is 20.2. The average molecular weight is 1110 g/mol. The van der Waals surface area contributed by atoms with Gasteiger partial charge in [-0.05, 0) is 154 Å². The number of unbranched alkanes of at least 4 members (excludes halogenated alkanes) is 12. The van der Waals surface area contributed by atoms with Gasteiger partial charge in [0, 0.05) is 19.3 Å². The number of carbonyl (C=O) groups excluding carboxylic acids is 3. The van der Waals surface area contributed by atoms with E-state index in [1.807, 2.05) is 0 Å². The van der Waals surface area contributed by atoms with Crippen LogP contribution < -0.4 is 0 Å². The Kier molecular flexibility index (Phi) is 62.0. The molecule has 0 bridgehead atoms. The van der Waals surface area contributed by atoms with Crippen molar-refractivity contribution in [3.8, 4) is 0 Å². The molecular weight excluding hydrogens is 997 g/mol. The van der Waals surface area contributed by atoms with E-state index in [-0.39, 0.29) is 44.0 Å². The van der Waals surface area contributed by atoms with E-state index >= 15 is 0 Å². The zero-order valence-corrected chi connectivity index (χ0v) is 51.5. The fraction of sp³-hybridized carbons (Fsp3) is 0.533. The molecule has 6 heteroatoms. The minimum Gasteiger partial charge on any atom is -0.462 e. The molecule has 81 heavy (non-hydrogen) atoms. The first kappa shape index (κ1) is 75.2. The lowest BCUT2D eigenvalue weighted by atomic mass is 10.1. The average Bonchev–Trinajstić information content (AvgIpc) is 3.47. The van der Waals surface area contributed by atoms with Crippen LogP contribution in [0.1, 0.15) is 239 Å². The maximum Gasteiger partial charge on any atom is 0.306 e. The van der Waals surface area contributed by atoms with Crippen LogP contribution in [0.15, 0.2) is 194 Å². The fourth-order valence-corrected chi connectivity index (χ4v) is 7.92. The highest BCUT2D eigenvalue weighted by Crippen LogP contribution is 2.13. The predicted molar refractivity (Wildman–Crippen MR) is 352 cm³/mol. The van der Waals surface area contributed by atoms with Gasteiger partial charge < -0.3 is 14.2 Å². The Morgan fingerprint density at radius 1 is 0.247 bits per heavy atom. The second-order valence-electron chi connectivity index (χ2n) is 20.2. The van der Waals surface area contributed by atoms with Gasteiger partial charge in [0.05, 0.1) is 0 Å². The van der Waals surface area contributed by atoms with Crippen LogP contribution >= 0.6 is 0 Å². The first-order valence-electron chi connectivity index (χ1n) is 31.9. The summed E-state index contributed by atoms with van der Waals surface area (Å²) in [6, 6.07) is 0. The number of ether oxygens (including phenoxy) is 3. The predicted octanol–water partition coefficient (Wildman–Crippen LogP) is 22.2. The van der Waals surface area contributed by atoms with Gasteiger partial charge in [0.25, 0.3) is 0 Å². The molecule has 450 valence electrons. The molecule has 0 amide bonds. The van der Waals surface area contributed by atoms with Crippen LogP contribution in [0.2, 0.25) is 0 Å². The monoisotopic (exact) mass is 1110 g/mol. The van der Waals surface area contributed by atoms with Crippen LogP contribution in [0, 0.1) is 0 Å². The summed E-state index contributed by atoms with van der Waals surface area (Å²) >= 11 is 0. The summed E-state index contributed by atoms with van der Waals surface area (Å²) in [5.74, 6) is -1.03. The Labute approximate surface area is 497 Å². The van der Waals surface area contributed by atoms with Gasteiger partial charge in [0.2, 0.25) is 0 Å². The fourth-order valence-electron chi connectivity index (χ4n) is 7.92. The highest BCUT2D eigenvalue weighted by Gasteiger charge is 2.19. The third kappa shape index (κ3) is 64.9. The normalized spacial score (nSPS) is 13.5. The summed E-state index contributed by atoms with van der Waals surface area (Å²) in [7, 11) is 0. The molecule has 0 N–H and O–H groups in total. The van der Waals surface area contributed by atoms with Crippen LogP contribution in [-0.4, -0.2) is 37.2 Å². The highest BCUT2D eigenvalue weighted by atomic mass is 16.6. The standard InChI is InChI=1S/C75H114O6/c1-4-7-10-13-16-19-22-25-28-31-33-35-37-39-41-44-47-50-53-56-59-62-65-68-74(77)80-71-72(70-79-73(76)67-64-61-58-55-52-49-46-43-30-27-24-21-18-15-12-9-6-3)81-75(78)69-66-63-60-57-54-51-48-45-42-40-38-36-34-32-29-26-23-20-17-14-11-8-5-2/h7-12,16-21,25-30,33-36,39-42,47-48,50-51,56,59,72H,4-6,13-15,22-24,31-32,37-38,43-46,49,52-55,57-58,60-71H2,1-3H3/b10-7-,11-8-,12-9-,19-16-,20-17-,21-18-,28-25-,29-26-,30-27-,35-33-,36-34-,41-39-,42-40-,50-47-,51-48-,59-56-. The van der Waals surface area contributed by atoms with Gasteiger partial charge in [-0.1, -0.05) is 260 Å². The van der Waals surface area contributed by atoms with E-state index in [2.05, 4.69) is 215 Å². The van der Waals surface area contributed by atoms with E-state index < -0.39 is 6.10 Å². The zero-order valence-electron chi connectivity index (χ0n) is 51.5. The van der Waals surface area contributed by atoms with Crippen molar-refractivity contribution in [1.82, 2.24) is 0 Å². The lowest BCUT2D eigenvalue weighted by Crippen LogP contribution is -2.30. The number of rotatable bonds is 55. The molecule has 0 aromatic heterocycles. The summed E-state index contributed by atoms with van der Waals surface area (Å²) in [6.07, 6.45) is 101. The number of carbonyl (C=O) groups is 3. The van der Waals surface area contributed by atoms with Gasteiger partial charge in [-0.25, -0.2) is 0 Å². The Morgan fingerprint density at radius 3 is 0.741 bits per heavy atom. The van der Waals surface area contributed by atoms with Crippen molar-refractivity contribution in [1.29, 1.82) is 0 Å². The molecule has 0 saturated heterocycles. The van der Waals surface area contributed by atoms with Gasteiger partial charge in [0.15, 0.2) is 6.10 Å². The van der Waals surface area contributed by atoms with Crippen LogP contribution in [0.25, 0.3) is 0 Å². The van der Waals surface area contributed by atoms with Crippen molar-refractivity contribution in [2.24, 2.45) is 0 Å². The van der Waals surface area contributed by atoms with Crippen molar-refractivity contribution in [2.45, 2.75) is 245 Å². The summed E-state index contributed by atoms with van der Waals surface area (Å²) in [4.78, 5) is 38.4. The van der Waals surface area contributed by atoms with E-state index in [1.54, 1.807) is 0 Å². The molecule has 0 saturated carbocycles. The molecule has 0 aromatic carbocycles. The molecule has 0 aliphatic rings. The van der Waals surface area contributed by atoms with Gasteiger partial charge in [0.1, 0.15) is 13.2 Å². The number of allylic oxidation sites excluding steroid dienone is 32. The Balaban J connectivity index is 4.60. The zero-order chi connectivity index (χ0) is 58.5. The summed E-state index contributed by atoms with van der Waals surface area (Å²) < 4.78 is 16.9. The van der Waals surface area contributed by atoms with E-state index in [1.165, 1.54) is 25.7 Å². The smallest absolute Gasteiger partial charge is 0.306 e. The molecule has 0 spiro atoms. The SMILES string of the molecule is CC/C=C\C/C=C\C/C=C\C/C=C\C/C=C\C/C=C\C/C=C\CCCC(=O)OCC(COC(=O)CCCCCCCCC/C=C\C/C=C\C/C=C\CC)OC(=O)CCCCCC/C=C\C/C=C\C/C=C\C/C=C\C/C=C\C/C=C\CC. The summed E-state index contributed by atoms with van der Waals surface area (Å²) in [6.45, 7) is 6.21. The molecule has 0 aliphatic carbocycles. The third-order valence-corrected chi connectivity index (χ3v) is 12.6. The summed E-state index contributed by atoms with van der Waals surface area (Å²) in [5.41, 5.74) is 0. The van der Waals surface area contributed by atoms with Crippen LogP contribution in [0.3, 0.4) is 0 Å². The third-order valence-electron chi connectivity index (χ3n) is 12.6. The Hall–Kier alpha value is -5.75. The van der Waals surface area contributed by atoms with Crippen molar-refractivity contribution in [3.05, 3.63) is 194 Å². The highest BCUT2D eigenvalue weighted by molar-refractivity contribution is 5.71. The van der Waals surface area contributed by atoms with E-state index in [0.29, 0.717) is 12.8 Å². The first-order chi connectivity index (χ1) is 40.0. The molecule has 0 fully saturated rings. The molecule has 0 rings (SSSR count). The molecule has 1 unspecified atom stereocenters. The number of esters is 3. The molecule has 0 heterocycles. The summed E-state index contributed by atoms with van der Waals surface area (Å²) in [5, 5.41) is 0. The molecule has 0 aromatic rings. The van der Waals surface area contributed by atoms with E-state index in [0.717, 1.165) is 167 Å². The van der Waals surface area contributed by atoms with Gasteiger partial charge >= 0.3 is 17.9 Å². The molecule has 0 radical (unpaired) electrons. The first-order valence-corrected chi connectivity index (χ1v) is 31.9. The van der Waals surface area contributed by atoms with Crippen molar-refractivity contribution >= 4 is 17.9 Å². The van der Waals surface area contributed by atoms with E-state index in [9.17, 15) is 14.4 Å². The molecule has 6 nitrogen and oxygen atoms in total. The van der Waals surface area contributed by atoms with Gasteiger partial charge in [-0.3, -0.25) is 14.4 Å². The lowest BCUT2D eigenvalue weighted by molar-refractivity contribution is -0.167. The quantitative estimate of drug-likeness (QED) is 0.0261. The minimum absolute atomic E-state index is 0.123. The van der Waals surface area contributed by atoms with Crippen molar-refractivity contribution in [2.75, 3.05) is 13.2 Å². The molecular formula is C75H114O6. The number of hydrogen-bond donors (Lipinski definition) is 0. The van der Waals surface area contributed by atoms with Crippen LogP contribution in [0.5, 0.6) is 0 Å². The molecule has 1 atom stereocenters. The number of hydrogen-bond acceptors (Lipinski definition) is 6. The van der Waals surface area contributed by atoms with Crippen LogP contribution in [0.4, 0.5) is 0 Å². The Bertz CT molecular complexity index is 1950. The largest absolute Gasteiger partial charge is 0.462 e. The van der Waals surface area contributed by atoms with Crippen LogP contribution in [-0.2, 0) is 28.6 Å². The second kappa shape index (κ2) is 66.8. The van der Waals surface area contributed by atoms with Gasteiger partial charge in [-0.15, -0.1) is 0 Å². The van der Waals surface area contributed by atoms with Crippen molar-refractivity contribution < 1.29 is 28.6 Å².